The normalized spacial score (nSPS) is 17.1. The zero-order valence-electron chi connectivity index (χ0n) is 16.9. The van der Waals surface area contributed by atoms with Crippen LogP contribution >= 0.6 is 0 Å². The molecule has 1 amide bonds. The molecule has 0 spiro atoms. The third-order valence-electron chi connectivity index (χ3n) is 5.76. The number of imidazole rings is 1. The average Bonchev–Trinajstić information content (AvgIpc) is 3.32. The lowest BCUT2D eigenvalue weighted by Gasteiger charge is -2.16. The van der Waals surface area contributed by atoms with Crippen molar-refractivity contribution in [2.75, 3.05) is 18.9 Å². The van der Waals surface area contributed by atoms with Crippen molar-refractivity contribution in [2.45, 2.75) is 25.8 Å². The number of likely N-dealkylation sites (tertiary alicyclic amines) is 1. The van der Waals surface area contributed by atoms with Gasteiger partial charge in [0.1, 0.15) is 11.6 Å². The van der Waals surface area contributed by atoms with Gasteiger partial charge in [0, 0.05) is 22.8 Å². The van der Waals surface area contributed by atoms with E-state index in [2.05, 4.69) is 27.2 Å². The van der Waals surface area contributed by atoms with Crippen LogP contribution in [0.25, 0.3) is 21.9 Å². The largest absolute Gasteiger partial charge is 0.341 e. The molecule has 4 aromatic rings. The molecular weight excluding hydrogens is 381 g/mol. The predicted octanol–water partition coefficient (Wildman–Crippen LogP) is 4.58. The van der Waals surface area contributed by atoms with Crippen LogP contribution in [0.4, 0.5) is 10.1 Å². The van der Waals surface area contributed by atoms with E-state index in [1.54, 1.807) is 6.07 Å². The Morgan fingerprint density at radius 2 is 2.03 bits per heavy atom. The number of H-pyrrole nitrogens is 1. The third-order valence-corrected chi connectivity index (χ3v) is 5.76. The molecule has 0 bridgehead atoms. The van der Waals surface area contributed by atoms with E-state index in [9.17, 15) is 9.18 Å². The van der Waals surface area contributed by atoms with Gasteiger partial charge in [-0.05, 0) is 63.7 Å². The third kappa shape index (κ3) is 3.31. The summed E-state index contributed by atoms with van der Waals surface area (Å²) in [5.74, 6) is -0.145. The van der Waals surface area contributed by atoms with Crippen LogP contribution in [0.15, 0.2) is 42.5 Å². The number of benzene rings is 2. The minimum absolute atomic E-state index is 0.00821. The Morgan fingerprint density at radius 3 is 2.83 bits per heavy atom. The van der Waals surface area contributed by atoms with Gasteiger partial charge in [0.05, 0.1) is 28.2 Å². The maximum absolute atomic E-state index is 14.5. The summed E-state index contributed by atoms with van der Waals surface area (Å²) in [5, 5.41) is 3.52. The first-order valence-corrected chi connectivity index (χ1v) is 10.1. The number of halogens is 1. The summed E-state index contributed by atoms with van der Waals surface area (Å²) < 4.78 is 14.5. The molecule has 0 aliphatic carbocycles. The maximum atomic E-state index is 14.5. The molecule has 5 rings (SSSR count). The van der Waals surface area contributed by atoms with Gasteiger partial charge in [-0.25, -0.2) is 9.37 Å². The van der Waals surface area contributed by atoms with Crippen molar-refractivity contribution in [1.82, 2.24) is 19.9 Å². The molecule has 2 N–H and O–H groups in total. The molecule has 1 aliphatic heterocycles. The van der Waals surface area contributed by atoms with E-state index in [4.69, 9.17) is 4.98 Å². The molecule has 30 heavy (non-hydrogen) atoms. The minimum atomic E-state index is -0.590. The van der Waals surface area contributed by atoms with Crippen LogP contribution in [0.2, 0.25) is 0 Å². The van der Waals surface area contributed by atoms with Crippen LogP contribution in [0, 0.1) is 12.7 Å². The van der Waals surface area contributed by atoms with Crippen LogP contribution < -0.4 is 5.32 Å². The van der Waals surface area contributed by atoms with Gasteiger partial charge in [-0.2, -0.15) is 0 Å². The molecule has 152 valence electrons. The summed E-state index contributed by atoms with van der Waals surface area (Å²) in [6, 6.07) is 12.3. The first-order valence-electron chi connectivity index (χ1n) is 10.1. The number of carbonyl (C=O) groups is 1. The number of aromatic nitrogens is 3. The van der Waals surface area contributed by atoms with Gasteiger partial charge >= 0.3 is 0 Å². The minimum Gasteiger partial charge on any atom is -0.341 e. The lowest BCUT2D eigenvalue weighted by molar-refractivity contribution is 0.102. The number of nitrogens with one attached hydrogen (secondary N) is 2. The molecule has 0 radical (unpaired) electrons. The average molecular weight is 403 g/mol. The highest BCUT2D eigenvalue weighted by Gasteiger charge is 2.25. The van der Waals surface area contributed by atoms with Crippen LogP contribution in [-0.4, -0.2) is 39.4 Å². The smallest absolute Gasteiger partial charge is 0.258 e. The number of rotatable bonds is 3. The predicted molar refractivity (Wildman–Crippen MR) is 115 cm³/mol. The summed E-state index contributed by atoms with van der Waals surface area (Å²) in [6.45, 7) is 2.91. The molecule has 2 aromatic heterocycles. The molecule has 6 nitrogen and oxygen atoms in total. The first kappa shape index (κ1) is 18.7. The van der Waals surface area contributed by atoms with Crippen LogP contribution in [0.5, 0.6) is 0 Å². The monoisotopic (exact) mass is 403 g/mol. The van der Waals surface area contributed by atoms with Gasteiger partial charge in [0.15, 0.2) is 0 Å². The standard InChI is InChI=1S/C23H22FN5O/c1-13-5-6-14-10-16(17(24)12-19(14)25-13)23(30)26-15-7-8-18-20(11-15)28-22(27-18)21-4-3-9-29(21)2/h5-8,10-12,21H,3-4,9H2,1-2H3,(H,26,30)(H,27,28)/t21-/m1/s1. The van der Waals surface area contributed by atoms with Crippen molar-refractivity contribution in [1.29, 1.82) is 0 Å². The Bertz CT molecular complexity index is 1280. The molecule has 1 atom stereocenters. The Balaban J connectivity index is 1.42. The van der Waals surface area contributed by atoms with Gasteiger partial charge in [0.25, 0.3) is 5.91 Å². The number of pyridine rings is 1. The lowest BCUT2D eigenvalue weighted by atomic mass is 10.1. The van der Waals surface area contributed by atoms with E-state index >= 15 is 0 Å². The SMILES string of the molecule is Cc1ccc2cc(C(=O)Nc3ccc4nc([C@H]5CCCN5C)[nH]c4c3)c(F)cc2n1. The molecule has 1 saturated heterocycles. The Hall–Kier alpha value is -3.32. The van der Waals surface area contributed by atoms with E-state index in [1.165, 1.54) is 12.1 Å². The number of hydrogen-bond acceptors (Lipinski definition) is 4. The zero-order valence-corrected chi connectivity index (χ0v) is 16.9. The van der Waals surface area contributed by atoms with E-state index in [1.807, 2.05) is 31.2 Å². The fourth-order valence-electron chi connectivity index (χ4n) is 4.14. The number of aryl methyl sites for hydroxylation is 1. The molecule has 2 aromatic carbocycles. The number of fused-ring (bicyclic) bond motifs is 2. The van der Waals surface area contributed by atoms with E-state index < -0.39 is 11.7 Å². The highest BCUT2D eigenvalue weighted by molar-refractivity contribution is 6.07. The molecular formula is C23H22FN5O. The van der Waals surface area contributed by atoms with Crippen LogP contribution in [0.1, 0.15) is 40.8 Å². The first-order chi connectivity index (χ1) is 14.5. The van der Waals surface area contributed by atoms with Crippen LogP contribution in [0.3, 0.4) is 0 Å². The zero-order chi connectivity index (χ0) is 20.8. The fourth-order valence-corrected chi connectivity index (χ4v) is 4.14. The van der Waals surface area contributed by atoms with Gasteiger partial charge in [0.2, 0.25) is 0 Å². The van der Waals surface area contributed by atoms with Gasteiger partial charge in [-0.3, -0.25) is 14.7 Å². The highest BCUT2D eigenvalue weighted by Crippen LogP contribution is 2.30. The molecule has 0 saturated carbocycles. The summed E-state index contributed by atoms with van der Waals surface area (Å²) in [6.07, 6.45) is 2.24. The molecule has 0 unspecified atom stereocenters. The van der Waals surface area contributed by atoms with Crippen molar-refractivity contribution < 1.29 is 9.18 Å². The Labute approximate surface area is 173 Å². The number of nitrogens with zero attached hydrogens (tertiary/aromatic N) is 3. The summed E-state index contributed by atoms with van der Waals surface area (Å²) in [5.41, 5.74) is 3.61. The van der Waals surface area contributed by atoms with Crippen molar-refractivity contribution in [3.8, 4) is 0 Å². The second kappa shape index (κ2) is 7.18. The Kier molecular flexibility index (Phi) is 4.47. The van der Waals surface area contributed by atoms with Crippen LogP contribution in [-0.2, 0) is 0 Å². The lowest BCUT2D eigenvalue weighted by Crippen LogP contribution is -2.18. The van der Waals surface area contributed by atoms with Crippen molar-refractivity contribution in [2.24, 2.45) is 0 Å². The highest BCUT2D eigenvalue weighted by atomic mass is 19.1. The number of amides is 1. The fraction of sp³-hybridized carbons (Fsp3) is 0.261. The summed E-state index contributed by atoms with van der Waals surface area (Å²) >= 11 is 0. The topological polar surface area (TPSA) is 73.9 Å². The molecule has 1 fully saturated rings. The molecule has 3 heterocycles. The summed E-state index contributed by atoms with van der Waals surface area (Å²) in [4.78, 5) is 27.4. The number of aromatic amines is 1. The van der Waals surface area contributed by atoms with E-state index in [0.29, 0.717) is 17.2 Å². The van der Waals surface area contributed by atoms with Gasteiger partial charge in [-0.15, -0.1) is 0 Å². The van der Waals surface area contributed by atoms with Crippen molar-refractivity contribution in [3.05, 3.63) is 65.4 Å². The number of hydrogen-bond donors (Lipinski definition) is 2. The van der Waals surface area contributed by atoms with Gasteiger partial charge < -0.3 is 10.3 Å². The van der Waals surface area contributed by atoms with Gasteiger partial charge in [-0.1, -0.05) is 6.07 Å². The quantitative estimate of drug-likeness (QED) is 0.525. The Morgan fingerprint density at radius 1 is 1.17 bits per heavy atom. The summed E-state index contributed by atoms with van der Waals surface area (Å²) in [7, 11) is 2.10. The van der Waals surface area contributed by atoms with E-state index in [0.717, 1.165) is 47.3 Å². The molecule has 1 aliphatic rings. The number of anilines is 1. The molecule has 7 heteroatoms. The second-order valence-corrected chi connectivity index (χ2v) is 7.92. The number of carbonyl (C=O) groups excluding carboxylic acids is 1. The van der Waals surface area contributed by atoms with E-state index in [-0.39, 0.29) is 5.56 Å². The maximum Gasteiger partial charge on any atom is 0.258 e. The van der Waals surface area contributed by atoms with Crippen molar-refractivity contribution in [3.63, 3.8) is 0 Å². The van der Waals surface area contributed by atoms with Crippen molar-refractivity contribution >= 4 is 33.5 Å². The second-order valence-electron chi connectivity index (χ2n) is 7.92.